The van der Waals surface area contributed by atoms with Crippen LogP contribution in [0.25, 0.3) is 10.8 Å². The molecule has 2 aromatic carbocycles. The highest BCUT2D eigenvalue weighted by Crippen LogP contribution is 2.52. The van der Waals surface area contributed by atoms with E-state index >= 15 is 4.39 Å². The molecule has 0 amide bonds. The van der Waals surface area contributed by atoms with Gasteiger partial charge in [-0.3, -0.25) is 0 Å². The lowest BCUT2D eigenvalue weighted by atomic mass is 9.69. The number of fused-ring (bicyclic) bond motifs is 1. The number of alkyl halides is 2. The molecule has 0 spiro atoms. The second-order valence-electron chi connectivity index (χ2n) is 6.41. The molecule has 3 atom stereocenters. The number of halogens is 2. The Morgan fingerprint density at radius 3 is 2.73 bits per heavy atom. The minimum absolute atomic E-state index is 0.0589. The van der Waals surface area contributed by atoms with Gasteiger partial charge in [0.25, 0.3) is 0 Å². The highest BCUT2D eigenvalue weighted by molar-refractivity contribution is 5.88. The van der Waals surface area contributed by atoms with Crippen LogP contribution in [0.3, 0.4) is 0 Å². The van der Waals surface area contributed by atoms with Crippen LogP contribution in [0.15, 0.2) is 36.4 Å². The molecule has 3 rings (SSSR count). The van der Waals surface area contributed by atoms with Crippen molar-refractivity contribution in [1.82, 2.24) is 0 Å². The van der Waals surface area contributed by atoms with Gasteiger partial charge in [-0.25, -0.2) is 8.78 Å². The summed E-state index contributed by atoms with van der Waals surface area (Å²) in [6.07, 6.45) is 1.23. The lowest BCUT2D eigenvalue weighted by molar-refractivity contribution is -0.00756. The average Bonchev–Trinajstić information content (AvgIpc) is 2.50. The van der Waals surface area contributed by atoms with Crippen molar-refractivity contribution in [2.45, 2.75) is 50.9 Å². The lowest BCUT2D eigenvalue weighted by Crippen LogP contribution is -2.38. The number of aromatic hydroxyl groups is 1. The van der Waals surface area contributed by atoms with Crippen LogP contribution in [0.1, 0.15) is 44.6 Å². The van der Waals surface area contributed by atoms with E-state index in [9.17, 15) is 9.50 Å². The summed E-state index contributed by atoms with van der Waals surface area (Å²) >= 11 is 0. The minimum Gasteiger partial charge on any atom is -0.508 e. The third-order valence-corrected chi connectivity index (χ3v) is 4.95. The number of hydrogen-bond acceptors (Lipinski definition) is 1. The van der Waals surface area contributed by atoms with E-state index in [-0.39, 0.29) is 23.7 Å². The molecule has 2 aromatic rings. The summed E-state index contributed by atoms with van der Waals surface area (Å²) < 4.78 is 30.0. The first kappa shape index (κ1) is 15.3. The number of rotatable bonds is 3. The Kier molecular flexibility index (Phi) is 4.07. The first-order valence-electron chi connectivity index (χ1n) is 8.10. The number of hydrogen-bond donors (Lipinski definition) is 1. The molecule has 3 unspecified atom stereocenters. The standard InChI is InChI=1S/C19H22F2O/c1-2-5-14-9-10-15(20)12-19(14,21)18-16-7-4-3-6-13(16)8-11-17(18)22/h3-4,6-8,11,14-15,22H,2,5,9-10,12H2,1H3. The maximum absolute atomic E-state index is 16.0. The molecule has 0 heterocycles. The molecular formula is C19H22F2O. The minimum atomic E-state index is -1.79. The van der Waals surface area contributed by atoms with E-state index in [4.69, 9.17) is 0 Å². The van der Waals surface area contributed by atoms with Gasteiger partial charge in [-0.1, -0.05) is 43.7 Å². The molecule has 1 N–H and O–H groups in total. The van der Waals surface area contributed by atoms with Gasteiger partial charge in [-0.05, 0) is 42.0 Å². The van der Waals surface area contributed by atoms with Crippen molar-refractivity contribution >= 4 is 10.8 Å². The second-order valence-corrected chi connectivity index (χ2v) is 6.41. The topological polar surface area (TPSA) is 20.2 Å². The lowest BCUT2D eigenvalue weighted by Gasteiger charge is -2.40. The largest absolute Gasteiger partial charge is 0.508 e. The molecule has 0 radical (unpaired) electrons. The van der Waals surface area contributed by atoms with Crippen LogP contribution in [-0.2, 0) is 5.67 Å². The van der Waals surface area contributed by atoms with E-state index in [1.807, 2.05) is 31.2 Å². The van der Waals surface area contributed by atoms with Gasteiger partial charge in [0.1, 0.15) is 17.6 Å². The average molecular weight is 304 g/mol. The Morgan fingerprint density at radius 2 is 1.95 bits per heavy atom. The molecule has 1 aliphatic rings. The fraction of sp³-hybridized carbons (Fsp3) is 0.474. The first-order chi connectivity index (χ1) is 10.6. The van der Waals surface area contributed by atoms with Crippen LogP contribution in [0.2, 0.25) is 0 Å². The zero-order chi connectivity index (χ0) is 15.7. The van der Waals surface area contributed by atoms with Crippen LogP contribution in [-0.4, -0.2) is 11.3 Å². The van der Waals surface area contributed by atoms with Gasteiger partial charge in [-0.15, -0.1) is 0 Å². The van der Waals surface area contributed by atoms with Gasteiger partial charge in [0, 0.05) is 12.0 Å². The van der Waals surface area contributed by atoms with Gasteiger partial charge in [-0.2, -0.15) is 0 Å². The van der Waals surface area contributed by atoms with Crippen LogP contribution < -0.4 is 0 Å². The molecular weight excluding hydrogens is 282 g/mol. The first-order valence-corrected chi connectivity index (χ1v) is 8.10. The Labute approximate surface area is 130 Å². The number of phenolic OH excluding ortho intramolecular Hbond substituents is 1. The predicted molar refractivity (Wildman–Crippen MR) is 85.5 cm³/mol. The van der Waals surface area contributed by atoms with E-state index < -0.39 is 11.8 Å². The second kappa shape index (κ2) is 5.86. The van der Waals surface area contributed by atoms with E-state index in [0.717, 1.165) is 11.8 Å². The normalized spacial score (nSPS) is 28.9. The van der Waals surface area contributed by atoms with Gasteiger partial charge in [0.15, 0.2) is 0 Å². The van der Waals surface area contributed by atoms with E-state index in [1.165, 1.54) is 6.07 Å². The highest BCUT2D eigenvalue weighted by Gasteiger charge is 2.47. The molecule has 22 heavy (non-hydrogen) atoms. The van der Waals surface area contributed by atoms with Crippen molar-refractivity contribution in [3.63, 3.8) is 0 Å². The van der Waals surface area contributed by atoms with Crippen molar-refractivity contribution in [2.75, 3.05) is 0 Å². The summed E-state index contributed by atoms with van der Waals surface area (Å²) in [4.78, 5) is 0. The molecule has 1 nitrogen and oxygen atoms in total. The van der Waals surface area contributed by atoms with Crippen molar-refractivity contribution in [1.29, 1.82) is 0 Å². The van der Waals surface area contributed by atoms with Crippen LogP contribution in [0.5, 0.6) is 5.75 Å². The van der Waals surface area contributed by atoms with E-state index in [0.29, 0.717) is 24.6 Å². The van der Waals surface area contributed by atoms with Gasteiger partial charge >= 0.3 is 0 Å². The Bertz CT molecular complexity index is 670. The van der Waals surface area contributed by atoms with Crippen molar-refractivity contribution < 1.29 is 13.9 Å². The zero-order valence-corrected chi connectivity index (χ0v) is 12.9. The van der Waals surface area contributed by atoms with Gasteiger partial charge in [0.2, 0.25) is 0 Å². The van der Waals surface area contributed by atoms with Crippen molar-refractivity contribution in [2.24, 2.45) is 5.92 Å². The maximum atomic E-state index is 16.0. The van der Waals surface area contributed by atoms with Crippen molar-refractivity contribution in [3.8, 4) is 5.75 Å². The monoisotopic (exact) mass is 304 g/mol. The molecule has 0 bridgehead atoms. The molecule has 1 saturated carbocycles. The number of phenols is 1. The molecule has 1 aliphatic carbocycles. The summed E-state index contributed by atoms with van der Waals surface area (Å²) in [5.41, 5.74) is -1.51. The maximum Gasteiger partial charge on any atom is 0.145 e. The van der Waals surface area contributed by atoms with E-state index in [2.05, 4.69) is 0 Å². The summed E-state index contributed by atoms with van der Waals surface area (Å²) in [5, 5.41) is 11.9. The molecule has 0 aromatic heterocycles. The van der Waals surface area contributed by atoms with Crippen LogP contribution in [0, 0.1) is 5.92 Å². The number of benzene rings is 2. The highest BCUT2D eigenvalue weighted by atomic mass is 19.2. The molecule has 1 fully saturated rings. The fourth-order valence-corrected chi connectivity index (χ4v) is 3.93. The SMILES string of the molecule is CCCC1CCC(F)CC1(F)c1c(O)ccc2ccccc12. The third-order valence-electron chi connectivity index (χ3n) is 4.95. The van der Waals surface area contributed by atoms with E-state index in [1.54, 1.807) is 6.07 Å². The summed E-state index contributed by atoms with van der Waals surface area (Å²) in [6.45, 7) is 2.02. The summed E-state index contributed by atoms with van der Waals surface area (Å²) in [6, 6.07) is 10.7. The Hall–Kier alpha value is -1.64. The molecule has 118 valence electrons. The fourth-order valence-electron chi connectivity index (χ4n) is 3.93. The summed E-state index contributed by atoms with van der Waals surface area (Å²) in [5.74, 6) is -0.294. The van der Waals surface area contributed by atoms with Crippen LogP contribution >= 0.6 is 0 Å². The van der Waals surface area contributed by atoms with Crippen LogP contribution in [0.4, 0.5) is 8.78 Å². The predicted octanol–water partition coefficient (Wildman–Crippen LogP) is 5.65. The Balaban J connectivity index is 2.19. The Morgan fingerprint density at radius 1 is 1.18 bits per heavy atom. The molecule has 0 saturated heterocycles. The summed E-state index contributed by atoms with van der Waals surface area (Å²) in [7, 11) is 0. The molecule has 0 aliphatic heterocycles. The zero-order valence-electron chi connectivity index (χ0n) is 12.9. The van der Waals surface area contributed by atoms with Crippen molar-refractivity contribution in [3.05, 3.63) is 42.0 Å². The molecule has 3 heteroatoms. The third kappa shape index (κ3) is 2.47. The smallest absolute Gasteiger partial charge is 0.145 e. The van der Waals surface area contributed by atoms with Gasteiger partial charge < -0.3 is 5.11 Å². The van der Waals surface area contributed by atoms with Gasteiger partial charge in [0.05, 0.1) is 0 Å². The quantitative estimate of drug-likeness (QED) is 0.777.